The lowest BCUT2D eigenvalue weighted by Crippen LogP contribution is -2.00. The molecule has 0 saturated carbocycles. The van der Waals surface area contributed by atoms with Gasteiger partial charge >= 0.3 is 0 Å². The number of benzene rings is 3. The predicted octanol–water partition coefficient (Wildman–Crippen LogP) is 3.63. The van der Waals surface area contributed by atoms with Crippen molar-refractivity contribution in [3.63, 3.8) is 0 Å². The minimum atomic E-state index is 0.425. The van der Waals surface area contributed by atoms with Gasteiger partial charge in [-0.3, -0.25) is 4.79 Å². The second kappa shape index (κ2) is 6.68. The van der Waals surface area contributed by atoms with Crippen molar-refractivity contribution < 1.29 is 14.3 Å². The zero-order valence-corrected chi connectivity index (χ0v) is 14.0. The molecule has 0 bridgehead atoms. The molecule has 0 aliphatic rings. The largest absolute Gasteiger partial charge is 0.497 e. The SMILES string of the molecule is COc1ccc2nn(-c3ccc(OC=O)c(-c4ccccc4)c3)nc2c1. The van der Waals surface area contributed by atoms with Gasteiger partial charge in [-0.25, -0.2) is 0 Å². The van der Waals surface area contributed by atoms with E-state index in [0.29, 0.717) is 12.2 Å². The molecule has 6 nitrogen and oxygen atoms in total. The molecule has 0 radical (unpaired) electrons. The van der Waals surface area contributed by atoms with Gasteiger partial charge in [0.05, 0.1) is 12.8 Å². The molecule has 6 heteroatoms. The van der Waals surface area contributed by atoms with E-state index in [-0.39, 0.29) is 0 Å². The van der Waals surface area contributed by atoms with Crippen LogP contribution >= 0.6 is 0 Å². The molecule has 0 aliphatic carbocycles. The summed E-state index contributed by atoms with van der Waals surface area (Å²) in [6.07, 6.45) is 0. The van der Waals surface area contributed by atoms with E-state index in [1.807, 2.05) is 54.6 Å². The zero-order chi connectivity index (χ0) is 17.9. The maximum absolute atomic E-state index is 10.8. The standard InChI is InChI=1S/C20H15N3O3/c1-25-16-8-9-18-19(12-16)22-23(21-18)15-7-10-20(26-13-24)17(11-15)14-5-3-2-4-6-14/h2-13H,1H3. The van der Waals surface area contributed by atoms with Gasteiger partial charge in [0.25, 0.3) is 6.47 Å². The minimum absolute atomic E-state index is 0.425. The van der Waals surface area contributed by atoms with Crippen LogP contribution in [0.1, 0.15) is 0 Å². The van der Waals surface area contributed by atoms with Crippen LogP contribution in [0.2, 0.25) is 0 Å². The fourth-order valence-electron chi connectivity index (χ4n) is 2.78. The number of carbonyl (C=O) groups excluding carboxylic acids is 1. The lowest BCUT2D eigenvalue weighted by Gasteiger charge is -2.09. The van der Waals surface area contributed by atoms with Crippen LogP contribution in [0.25, 0.3) is 27.8 Å². The van der Waals surface area contributed by atoms with E-state index < -0.39 is 0 Å². The van der Waals surface area contributed by atoms with Gasteiger partial charge in [-0.1, -0.05) is 30.3 Å². The third kappa shape index (κ3) is 2.88. The highest BCUT2D eigenvalue weighted by atomic mass is 16.5. The number of fused-ring (bicyclic) bond motifs is 1. The van der Waals surface area contributed by atoms with E-state index in [1.165, 1.54) is 0 Å². The van der Waals surface area contributed by atoms with E-state index >= 15 is 0 Å². The van der Waals surface area contributed by atoms with Crippen LogP contribution in [0, 0.1) is 0 Å². The lowest BCUT2D eigenvalue weighted by atomic mass is 10.0. The van der Waals surface area contributed by atoms with Gasteiger partial charge in [-0.15, -0.1) is 10.2 Å². The molecule has 3 aromatic carbocycles. The maximum Gasteiger partial charge on any atom is 0.298 e. The van der Waals surface area contributed by atoms with Gasteiger partial charge < -0.3 is 9.47 Å². The second-order valence-electron chi connectivity index (χ2n) is 5.60. The summed E-state index contributed by atoms with van der Waals surface area (Å²) >= 11 is 0. The first kappa shape index (κ1) is 15.8. The van der Waals surface area contributed by atoms with Crippen LogP contribution in [-0.2, 0) is 4.79 Å². The normalized spacial score (nSPS) is 10.7. The van der Waals surface area contributed by atoms with Gasteiger partial charge in [-0.05, 0) is 35.9 Å². The summed E-state index contributed by atoms with van der Waals surface area (Å²) < 4.78 is 10.4. The molecule has 128 valence electrons. The number of carbonyl (C=O) groups is 1. The Morgan fingerprint density at radius 1 is 0.923 bits per heavy atom. The Balaban J connectivity index is 1.83. The van der Waals surface area contributed by atoms with Gasteiger partial charge in [0.1, 0.15) is 22.5 Å². The second-order valence-corrected chi connectivity index (χ2v) is 5.60. The monoisotopic (exact) mass is 345 g/mol. The van der Waals surface area contributed by atoms with E-state index in [2.05, 4.69) is 10.2 Å². The van der Waals surface area contributed by atoms with Gasteiger partial charge in [0.2, 0.25) is 0 Å². The van der Waals surface area contributed by atoms with Crippen molar-refractivity contribution in [2.75, 3.05) is 7.11 Å². The highest BCUT2D eigenvalue weighted by molar-refractivity contribution is 5.77. The van der Waals surface area contributed by atoms with Crippen molar-refractivity contribution >= 4 is 17.5 Å². The van der Waals surface area contributed by atoms with Crippen LogP contribution in [-0.4, -0.2) is 28.6 Å². The highest BCUT2D eigenvalue weighted by Crippen LogP contribution is 2.32. The first-order valence-corrected chi connectivity index (χ1v) is 8.00. The first-order chi connectivity index (χ1) is 12.8. The molecule has 0 spiro atoms. The topological polar surface area (TPSA) is 66.2 Å². The van der Waals surface area contributed by atoms with Crippen molar-refractivity contribution in [1.29, 1.82) is 0 Å². The highest BCUT2D eigenvalue weighted by Gasteiger charge is 2.11. The van der Waals surface area contributed by atoms with Crippen molar-refractivity contribution in [2.24, 2.45) is 0 Å². The molecule has 0 amide bonds. The fraction of sp³-hybridized carbons (Fsp3) is 0.0500. The molecule has 0 N–H and O–H groups in total. The molecule has 4 aromatic rings. The molecule has 4 rings (SSSR count). The maximum atomic E-state index is 10.8. The van der Waals surface area contributed by atoms with Crippen LogP contribution in [0.15, 0.2) is 66.7 Å². The van der Waals surface area contributed by atoms with Crippen LogP contribution in [0.5, 0.6) is 11.5 Å². The summed E-state index contributed by atoms with van der Waals surface area (Å²) in [5, 5.41) is 9.03. The number of aromatic nitrogens is 3. The number of ether oxygens (including phenoxy) is 2. The quantitative estimate of drug-likeness (QED) is 0.517. The van der Waals surface area contributed by atoms with Crippen molar-refractivity contribution in [1.82, 2.24) is 15.0 Å². The first-order valence-electron chi connectivity index (χ1n) is 8.00. The van der Waals surface area contributed by atoms with Crippen LogP contribution in [0.3, 0.4) is 0 Å². The van der Waals surface area contributed by atoms with Crippen molar-refractivity contribution in [3.05, 3.63) is 66.7 Å². The number of methoxy groups -OCH3 is 1. The molecule has 0 fully saturated rings. The Bertz CT molecular complexity index is 1070. The molecule has 0 aliphatic heterocycles. The average molecular weight is 345 g/mol. The Labute approximate surface area is 149 Å². The molecule has 1 aromatic heterocycles. The smallest absolute Gasteiger partial charge is 0.298 e. The number of hydrogen-bond acceptors (Lipinski definition) is 5. The van der Waals surface area contributed by atoms with Crippen LogP contribution < -0.4 is 9.47 Å². The summed E-state index contributed by atoms with van der Waals surface area (Å²) in [7, 11) is 1.61. The molecule has 0 unspecified atom stereocenters. The fourth-order valence-corrected chi connectivity index (χ4v) is 2.78. The van der Waals surface area contributed by atoms with E-state index in [0.717, 1.165) is 33.6 Å². The van der Waals surface area contributed by atoms with Gasteiger partial charge in [0.15, 0.2) is 0 Å². The number of hydrogen-bond donors (Lipinski definition) is 0. The lowest BCUT2D eigenvalue weighted by molar-refractivity contribution is -0.120. The zero-order valence-electron chi connectivity index (χ0n) is 14.0. The summed E-state index contributed by atoms with van der Waals surface area (Å²) in [6.45, 7) is 0.425. The predicted molar refractivity (Wildman–Crippen MR) is 97.5 cm³/mol. The molecule has 0 saturated heterocycles. The van der Waals surface area contributed by atoms with E-state index in [4.69, 9.17) is 9.47 Å². The van der Waals surface area contributed by atoms with Gasteiger partial charge in [-0.2, -0.15) is 4.80 Å². The van der Waals surface area contributed by atoms with E-state index in [9.17, 15) is 4.79 Å². The Kier molecular flexibility index (Phi) is 4.07. The minimum Gasteiger partial charge on any atom is -0.497 e. The average Bonchev–Trinajstić information content (AvgIpc) is 3.12. The molecular formula is C20H15N3O3. The molecule has 0 atom stereocenters. The number of nitrogens with zero attached hydrogens (tertiary/aromatic N) is 3. The summed E-state index contributed by atoms with van der Waals surface area (Å²) in [4.78, 5) is 12.4. The Hall–Kier alpha value is -3.67. The van der Waals surface area contributed by atoms with Crippen molar-refractivity contribution in [2.45, 2.75) is 0 Å². The van der Waals surface area contributed by atoms with E-state index in [1.54, 1.807) is 24.0 Å². The van der Waals surface area contributed by atoms with Gasteiger partial charge in [0, 0.05) is 11.6 Å². The summed E-state index contributed by atoms with van der Waals surface area (Å²) in [5.41, 5.74) is 3.98. The molecular weight excluding hydrogens is 330 g/mol. The Morgan fingerprint density at radius 3 is 2.50 bits per heavy atom. The molecule has 1 heterocycles. The van der Waals surface area contributed by atoms with Crippen LogP contribution in [0.4, 0.5) is 0 Å². The molecule has 26 heavy (non-hydrogen) atoms. The third-order valence-electron chi connectivity index (χ3n) is 4.04. The number of rotatable bonds is 5. The third-order valence-corrected chi connectivity index (χ3v) is 4.04. The van der Waals surface area contributed by atoms with Crippen molar-refractivity contribution in [3.8, 4) is 28.3 Å². The summed E-state index contributed by atoms with van der Waals surface area (Å²) in [6, 6.07) is 20.7. The Morgan fingerprint density at radius 2 is 1.73 bits per heavy atom. The summed E-state index contributed by atoms with van der Waals surface area (Å²) in [5.74, 6) is 1.21.